The Hall–Kier alpha value is -1.79. The summed E-state index contributed by atoms with van der Waals surface area (Å²) in [5.74, 6) is 0.773. The van der Waals surface area contributed by atoms with Crippen molar-refractivity contribution in [1.82, 2.24) is 10.6 Å². The van der Waals surface area contributed by atoms with Crippen LogP contribution in [-0.4, -0.2) is 42.7 Å². The highest BCUT2D eigenvalue weighted by molar-refractivity contribution is 6.30. The number of carbonyl (C=O) groups excluding carboxylic acids is 2. The van der Waals surface area contributed by atoms with Crippen molar-refractivity contribution in [3.63, 3.8) is 0 Å². The Bertz CT molecular complexity index is 655. The molecule has 1 aromatic rings. The van der Waals surface area contributed by atoms with Crippen LogP contribution in [-0.2, 0) is 14.3 Å². The molecule has 0 unspecified atom stereocenters. The lowest BCUT2D eigenvalue weighted by atomic mass is 9.44. The molecule has 0 heterocycles. The van der Waals surface area contributed by atoms with E-state index in [0.717, 1.165) is 19.3 Å². The zero-order chi connectivity index (χ0) is 18.8. The molecule has 1 aromatic carbocycles. The molecule has 0 aliphatic heterocycles. The van der Waals surface area contributed by atoms with Gasteiger partial charge >= 0.3 is 0 Å². The molecule has 0 atom stereocenters. The maximum atomic E-state index is 12.1. The Labute approximate surface area is 158 Å². The topological polar surface area (TPSA) is 76.7 Å². The largest absolute Gasteiger partial charge is 0.484 e. The third-order valence-corrected chi connectivity index (χ3v) is 4.96. The zero-order valence-corrected chi connectivity index (χ0v) is 15.9. The Morgan fingerprint density at radius 1 is 1.04 bits per heavy atom. The monoisotopic (exact) mass is 380 g/mol. The number of ether oxygens (including phenoxy) is 2. The quantitative estimate of drug-likeness (QED) is 0.689. The van der Waals surface area contributed by atoms with Crippen molar-refractivity contribution in [2.75, 3.05) is 19.8 Å². The van der Waals surface area contributed by atoms with Crippen LogP contribution in [0.3, 0.4) is 0 Å². The van der Waals surface area contributed by atoms with E-state index in [1.165, 1.54) is 0 Å². The van der Waals surface area contributed by atoms with E-state index in [9.17, 15) is 9.59 Å². The predicted octanol–water partition coefficient (Wildman–Crippen LogP) is 2.30. The van der Waals surface area contributed by atoms with Crippen molar-refractivity contribution in [3.05, 3.63) is 29.3 Å². The summed E-state index contributed by atoms with van der Waals surface area (Å²) in [5.41, 5.74) is -0.352. The molecule has 3 aliphatic carbocycles. The molecule has 0 radical (unpaired) electrons. The van der Waals surface area contributed by atoms with Crippen molar-refractivity contribution in [1.29, 1.82) is 0 Å². The van der Waals surface area contributed by atoms with Crippen molar-refractivity contribution in [2.24, 2.45) is 5.92 Å². The van der Waals surface area contributed by atoms with E-state index in [0.29, 0.717) is 23.3 Å². The second kappa shape index (κ2) is 7.45. The molecule has 2 N–H and O–H groups in total. The number of amides is 2. The van der Waals surface area contributed by atoms with E-state index in [4.69, 9.17) is 21.1 Å². The van der Waals surface area contributed by atoms with Crippen LogP contribution in [0.1, 0.15) is 33.1 Å². The van der Waals surface area contributed by atoms with Crippen molar-refractivity contribution >= 4 is 23.4 Å². The molecule has 0 aromatic heterocycles. The number of halogens is 1. The fourth-order valence-electron chi connectivity index (χ4n) is 3.78. The molecule has 142 valence electrons. The number of nitrogens with one attached hydrogen (secondary N) is 2. The molecule has 2 amide bonds. The van der Waals surface area contributed by atoms with Gasteiger partial charge in [-0.2, -0.15) is 0 Å². The Balaban J connectivity index is 1.34. The van der Waals surface area contributed by atoms with Crippen LogP contribution in [0.2, 0.25) is 5.02 Å². The molecule has 3 aliphatic rings. The smallest absolute Gasteiger partial charge is 0.258 e. The van der Waals surface area contributed by atoms with E-state index < -0.39 is 0 Å². The summed E-state index contributed by atoms with van der Waals surface area (Å²) >= 11 is 5.81. The van der Waals surface area contributed by atoms with Gasteiger partial charge in [-0.25, -0.2) is 0 Å². The fourth-order valence-corrected chi connectivity index (χ4v) is 3.91. The summed E-state index contributed by atoms with van der Waals surface area (Å²) < 4.78 is 10.8. The minimum absolute atomic E-state index is 0.0359. The molecular formula is C19H25ClN2O4. The lowest BCUT2D eigenvalue weighted by Crippen LogP contribution is -2.84. The SMILES string of the molecule is CC(C)COCC(=O)NC12CC(NC(=O)COc3ccc(Cl)cc3)(C1)C2. The number of rotatable bonds is 9. The van der Waals surface area contributed by atoms with Crippen molar-refractivity contribution in [3.8, 4) is 5.75 Å². The van der Waals surface area contributed by atoms with Crippen LogP contribution in [0.5, 0.6) is 5.75 Å². The molecule has 7 heteroatoms. The average Bonchev–Trinajstić information content (AvgIpc) is 2.50. The highest BCUT2D eigenvalue weighted by atomic mass is 35.5. The summed E-state index contributed by atoms with van der Waals surface area (Å²) in [6.07, 6.45) is 2.30. The van der Waals surface area contributed by atoms with Gasteiger partial charge in [0.25, 0.3) is 5.91 Å². The van der Waals surface area contributed by atoms with Crippen molar-refractivity contribution < 1.29 is 19.1 Å². The third kappa shape index (κ3) is 4.48. The maximum absolute atomic E-state index is 12.1. The van der Waals surface area contributed by atoms with Gasteiger partial charge in [0.15, 0.2) is 6.61 Å². The second-order valence-corrected chi connectivity index (χ2v) is 8.28. The van der Waals surface area contributed by atoms with Gasteiger partial charge in [-0.15, -0.1) is 0 Å². The summed E-state index contributed by atoms with van der Waals surface area (Å²) in [7, 11) is 0. The van der Waals surface area contributed by atoms with Gasteiger partial charge in [-0.3, -0.25) is 9.59 Å². The Morgan fingerprint density at radius 2 is 1.58 bits per heavy atom. The Kier molecular flexibility index (Phi) is 5.44. The average molecular weight is 381 g/mol. The minimum Gasteiger partial charge on any atom is -0.484 e. The number of carbonyl (C=O) groups is 2. The highest BCUT2D eigenvalue weighted by Crippen LogP contribution is 2.60. The first-order valence-electron chi connectivity index (χ1n) is 8.88. The summed E-state index contributed by atoms with van der Waals surface area (Å²) in [6.45, 7) is 4.72. The number of benzene rings is 1. The van der Waals surface area contributed by atoms with Crippen LogP contribution in [0, 0.1) is 5.92 Å². The Morgan fingerprint density at radius 3 is 2.12 bits per heavy atom. The standard InChI is InChI=1S/C19H25ClN2O4/c1-13(2)7-25-8-16(23)21-18-10-19(11-18,12-18)22-17(24)9-26-15-5-3-14(20)4-6-15/h3-6,13H,7-12H2,1-2H3,(H,21,23)(H,22,24). The zero-order valence-electron chi connectivity index (χ0n) is 15.1. The lowest BCUT2D eigenvalue weighted by Gasteiger charge is -2.70. The van der Waals surface area contributed by atoms with Gasteiger partial charge in [0.2, 0.25) is 5.91 Å². The van der Waals surface area contributed by atoms with E-state index in [1.807, 2.05) is 13.8 Å². The molecule has 3 fully saturated rings. The summed E-state index contributed by atoms with van der Waals surface area (Å²) in [4.78, 5) is 24.0. The van der Waals surface area contributed by atoms with Crippen LogP contribution in [0.4, 0.5) is 0 Å². The number of hydrogen-bond acceptors (Lipinski definition) is 4. The van der Waals surface area contributed by atoms with Crippen molar-refractivity contribution in [2.45, 2.75) is 44.2 Å². The van der Waals surface area contributed by atoms with Gasteiger partial charge in [0.1, 0.15) is 12.4 Å². The second-order valence-electron chi connectivity index (χ2n) is 7.84. The van der Waals surface area contributed by atoms with E-state index in [-0.39, 0.29) is 36.1 Å². The van der Waals surface area contributed by atoms with Crippen LogP contribution in [0.15, 0.2) is 24.3 Å². The molecule has 0 spiro atoms. The molecule has 6 nitrogen and oxygen atoms in total. The molecule has 26 heavy (non-hydrogen) atoms. The first kappa shape index (κ1) is 19.0. The molecule has 0 saturated heterocycles. The highest BCUT2D eigenvalue weighted by Gasteiger charge is 2.69. The predicted molar refractivity (Wildman–Crippen MR) is 98.2 cm³/mol. The van der Waals surface area contributed by atoms with Crippen LogP contribution >= 0.6 is 11.6 Å². The third-order valence-electron chi connectivity index (χ3n) is 4.71. The molecule has 2 bridgehead atoms. The maximum Gasteiger partial charge on any atom is 0.258 e. The lowest BCUT2D eigenvalue weighted by molar-refractivity contribution is -0.152. The summed E-state index contributed by atoms with van der Waals surface area (Å²) in [5, 5.41) is 6.68. The van der Waals surface area contributed by atoms with E-state index >= 15 is 0 Å². The fraction of sp³-hybridized carbons (Fsp3) is 0.579. The normalized spacial score (nSPS) is 25.8. The van der Waals surface area contributed by atoms with Gasteiger partial charge in [0.05, 0.1) is 0 Å². The van der Waals surface area contributed by atoms with Crippen LogP contribution < -0.4 is 15.4 Å². The number of hydrogen-bond donors (Lipinski definition) is 2. The minimum atomic E-state index is -0.188. The first-order valence-corrected chi connectivity index (χ1v) is 9.26. The van der Waals surface area contributed by atoms with Gasteiger partial charge < -0.3 is 20.1 Å². The van der Waals surface area contributed by atoms with Crippen LogP contribution in [0.25, 0.3) is 0 Å². The van der Waals surface area contributed by atoms with E-state index in [1.54, 1.807) is 24.3 Å². The molecule has 4 rings (SSSR count). The molecule has 3 saturated carbocycles. The van der Waals surface area contributed by atoms with Gasteiger partial charge in [0, 0.05) is 22.7 Å². The van der Waals surface area contributed by atoms with Gasteiger partial charge in [-0.1, -0.05) is 25.4 Å². The van der Waals surface area contributed by atoms with Gasteiger partial charge in [-0.05, 0) is 49.4 Å². The first-order chi connectivity index (χ1) is 12.3. The van der Waals surface area contributed by atoms with E-state index in [2.05, 4.69) is 10.6 Å². The molecular weight excluding hydrogens is 356 g/mol. The summed E-state index contributed by atoms with van der Waals surface area (Å²) in [6, 6.07) is 6.88.